The summed E-state index contributed by atoms with van der Waals surface area (Å²) in [5.74, 6) is 0.628. The topological polar surface area (TPSA) is 29.4 Å². The van der Waals surface area contributed by atoms with E-state index in [9.17, 15) is 4.79 Å². The van der Waals surface area contributed by atoms with Crippen molar-refractivity contribution in [1.82, 2.24) is 0 Å². The highest BCUT2D eigenvalue weighted by Gasteiger charge is 2.21. The minimum absolute atomic E-state index is 0.148. The molecule has 0 fully saturated rings. The van der Waals surface area contributed by atoms with Gasteiger partial charge in [-0.2, -0.15) is 4.99 Å². The first kappa shape index (κ1) is 12.2. The van der Waals surface area contributed by atoms with E-state index >= 15 is 0 Å². The summed E-state index contributed by atoms with van der Waals surface area (Å²) in [4.78, 5) is 16.3. The van der Waals surface area contributed by atoms with Gasteiger partial charge >= 0.3 is 0 Å². The van der Waals surface area contributed by atoms with Gasteiger partial charge < -0.3 is 0 Å². The molecule has 4 heteroatoms. The standard InChI is InChI=1S/C13H11NOS2/c1-2-8-16-13-14-12(15)11(17-13)9-10-6-4-3-5-7-10/h2-7,9H,1,8H2/b11-9+. The van der Waals surface area contributed by atoms with Gasteiger partial charge in [-0.15, -0.1) is 6.58 Å². The fourth-order valence-electron chi connectivity index (χ4n) is 1.28. The normalized spacial score (nSPS) is 17.3. The first-order valence-corrected chi connectivity index (χ1v) is 6.91. The second-order valence-electron chi connectivity index (χ2n) is 3.30. The van der Waals surface area contributed by atoms with Crippen LogP contribution in [0.5, 0.6) is 0 Å². The average Bonchev–Trinajstić information content (AvgIpc) is 2.69. The lowest BCUT2D eigenvalue weighted by molar-refractivity contribution is -0.113. The Morgan fingerprint density at radius 1 is 1.35 bits per heavy atom. The molecule has 2 rings (SSSR count). The molecule has 0 bridgehead atoms. The highest BCUT2D eigenvalue weighted by Crippen LogP contribution is 2.33. The highest BCUT2D eigenvalue weighted by atomic mass is 32.2. The summed E-state index contributed by atoms with van der Waals surface area (Å²) in [6, 6.07) is 9.79. The number of nitrogens with zero attached hydrogens (tertiary/aromatic N) is 1. The summed E-state index contributed by atoms with van der Waals surface area (Å²) in [5.41, 5.74) is 1.02. The lowest BCUT2D eigenvalue weighted by Gasteiger charge is -1.95. The van der Waals surface area contributed by atoms with Crippen molar-refractivity contribution in [1.29, 1.82) is 0 Å². The molecule has 0 aliphatic carbocycles. The van der Waals surface area contributed by atoms with Crippen molar-refractivity contribution < 1.29 is 4.79 Å². The molecule has 1 aliphatic heterocycles. The number of benzene rings is 1. The summed E-state index contributed by atoms with van der Waals surface area (Å²) in [6.45, 7) is 3.64. The maximum atomic E-state index is 11.6. The third-order valence-electron chi connectivity index (χ3n) is 2.02. The van der Waals surface area contributed by atoms with Crippen molar-refractivity contribution in [2.45, 2.75) is 0 Å². The molecule has 0 saturated heterocycles. The summed E-state index contributed by atoms with van der Waals surface area (Å²) >= 11 is 2.97. The van der Waals surface area contributed by atoms with E-state index in [2.05, 4.69) is 11.6 Å². The van der Waals surface area contributed by atoms with E-state index in [-0.39, 0.29) is 5.91 Å². The maximum Gasteiger partial charge on any atom is 0.285 e. The summed E-state index contributed by atoms with van der Waals surface area (Å²) in [6.07, 6.45) is 3.68. The van der Waals surface area contributed by atoms with Crippen molar-refractivity contribution >= 4 is 39.9 Å². The van der Waals surface area contributed by atoms with Gasteiger partial charge in [-0.05, 0) is 11.6 Å². The van der Waals surface area contributed by atoms with Crippen LogP contribution in [0.2, 0.25) is 0 Å². The Labute approximate surface area is 109 Å². The Morgan fingerprint density at radius 3 is 2.82 bits per heavy atom. The number of thioether (sulfide) groups is 2. The van der Waals surface area contributed by atoms with Crippen LogP contribution in [-0.4, -0.2) is 16.0 Å². The zero-order valence-electron chi connectivity index (χ0n) is 9.13. The fraction of sp³-hybridized carbons (Fsp3) is 0.0769. The molecule has 17 heavy (non-hydrogen) atoms. The molecule has 0 radical (unpaired) electrons. The number of aliphatic imine (C=N–C) groups is 1. The van der Waals surface area contributed by atoms with Crippen LogP contribution in [0, 0.1) is 0 Å². The van der Waals surface area contributed by atoms with Gasteiger partial charge in [0, 0.05) is 5.75 Å². The average molecular weight is 261 g/mol. The molecule has 1 aromatic carbocycles. The van der Waals surface area contributed by atoms with Crippen molar-refractivity contribution in [2.24, 2.45) is 4.99 Å². The van der Waals surface area contributed by atoms with E-state index < -0.39 is 0 Å². The second-order valence-corrected chi connectivity index (χ2v) is 5.60. The number of amides is 1. The van der Waals surface area contributed by atoms with Gasteiger partial charge in [0.2, 0.25) is 0 Å². The van der Waals surface area contributed by atoms with Gasteiger partial charge in [0.15, 0.2) is 0 Å². The SMILES string of the molecule is C=CCSC1=NC(=O)/C(=C\c2ccccc2)S1. The van der Waals surface area contributed by atoms with E-state index in [1.165, 1.54) is 23.5 Å². The smallest absolute Gasteiger partial charge is 0.266 e. The molecule has 1 aromatic rings. The Morgan fingerprint density at radius 2 is 2.12 bits per heavy atom. The molecular weight excluding hydrogens is 250 g/mol. The first-order valence-electron chi connectivity index (χ1n) is 5.11. The molecule has 1 aliphatic rings. The number of carbonyl (C=O) groups is 1. The van der Waals surface area contributed by atoms with Crippen molar-refractivity contribution in [3.05, 3.63) is 53.5 Å². The Hall–Kier alpha value is -1.26. The fourth-order valence-corrected chi connectivity index (χ4v) is 3.04. The number of rotatable bonds is 3. The summed E-state index contributed by atoms with van der Waals surface area (Å²) < 4.78 is 0.803. The van der Waals surface area contributed by atoms with Crippen LogP contribution >= 0.6 is 23.5 Å². The highest BCUT2D eigenvalue weighted by molar-refractivity contribution is 8.41. The zero-order chi connectivity index (χ0) is 12.1. The van der Waals surface area contributed by atoms with Crippen LogP contribution < -0.4 is 0 Å². The van der Waals surface area contributed by atoms with E-state index in [1.54, 1.807) is 6.08 Å². The minimum atomic E-state index is -0.148. The molecular formula is C13H11NOS2. The molecule has 86 valence electrons. The third-order valence-corrected chi connectivity index (χ3v) is 4.15. The Balaban J connectivity index is 2.09. The molecule has 0 saturated carbocycles. The number of carbonyl (C=O) groups excluding carboxylic acids is 1. The van der Waals surface area contributed by atoms with Crippen LogP contribution in [0.4, 0.5) is 0 Å². The molecule has 0 unspecified atom stereocenters. The molecule has 1 heterocycles. The molecule has 1 amide bonds. The minimum Gasteiger partial charge on any atom is -0.266 e. The van der Waals surface area contributed by atoms with Crippen molar-refractivity contribution in [3.63, 3.8) is 0 Å². The first-order chi connectivity index (χ1) is 8.29. The molecule has 0 N–H and O–H groups in total. The van der Waals surface area contributed by atoms with Gasteiger partial charge in [0.25, 0.3) is 5.91 Å². The van der Waals surface area contributed by atoms with E-state index in [4.69, 9.17) is 0 Å². The zero-order valence-corrected chi connectivity index (χ0v) is 10.8. The Kier molecular flexibility index (Phi) is 4.23. The predicted molar refractivity (Wildman–Crippen MR) is 77.1 cm³/mol. The van der Waals surface area contributed by atoms with Gasteiger partial charge in [-0.3, -0.25) is 4.79 Å². The largest absolute Gasteiger partial charge is 0.285 e. The van der Waals surface area contributed by atoms with Gasteiger partial charge in [0.05, 0.1) is 4.91 Å². The lowest BCUT2D eigenvalue weighted by Crippen LogP contribution is -1.87. The van der Waals surface area contributed by atoms with Crippen LogP contribution in [0.1, 0.15) is 5.56 Å². The van der Waals surface area contributed by atoms with Crippen molar-refractivity contribution in [3.8, 4) is 0 Å². The molecule has 0 aromatic heterocycles. The second kappa shape index (κ2) is 5.89. The molecule has 0 spiro atoms. The molecule has 2 nitrogen and oxygen atoms in total. The van der Waals surface area contributed by atoms with E-state index in [0.29, 0.717) is 4.91 Å². The summed E-state index contributed by atoms with van der Waals surface area (Å²) in [5, 5.41) is 0. The van der Waals surface area contributed by atoms with E-state index in [0.717, 1.165) is 15.7 Å². The predicted octanol–water partition coefficient (Wildman–Crippen LogP) is 3.58. The number of hydrogen-bond acceptors (Lipinski definition) is 3. The van der Waals surface area contributed by atoms with Gasteiger partial charge in [-0.25, -0.2) is 0 Å². The monoisotopic (exact) mass is 261 g/mol. The van der Waals surface area contributed by atoms with E-state index in [1.807, 2.05) is 36.4 Å². The number of hydrogen-bond donors (Lipinski definition) is 0. The van der Waals surface area contributed by atoms with Crippen LogP contribution in [0.25, 0.3) is 6.08 Å². The van der Waals surface area contributed by atoms with Crippen LogP contribution in [0.15, 0.2) is 52.9 Å². The summed E-state index contributed by atoms with van der Waals surface area (Å²) in [7, 11) is 0. The maximum absolute atomic E-state index is 11.6. The van der Waals surface area contributed by atoms with Crippen LogP contribution in [-0.2, 0) is 4.79 Å². The van der Waals surface area contributed by atoms with Gasteiger partial charge in [-0.1, -0.05) is 59.9 Å². The lowest BCUT2D eigenvalue weighted by atomic mass is 10.2. The van der Waals surface area contributed by atoms with Gasteiger partial charge in [0.1, 0.15) is 4.38 Å². The third kappa shape index (κ3) is 3.35. The quantitative estimate of drug-likeness (QED) is 0.615. The van der Waals surface area contributed by atoms with Crippen molar-refractivity contribution in [2.75, 3.05) is 5.75 Å². The van der Waals surface area contributed by atoms with Crippen LogP contribution in [0.3, 0.4) is 0 Å². The molecule has 0 atom stereocenters. The Bertz CT molecular complexity index is 491.